The topological polar surface area (TPSA) is 94.8 Å². The van der Waals surface area contributed by atoms with Gasteiger partial charge in [0.2, 0.25) is 11.2 Å². The molecule has 0 unspecified atom stereocenters. The van der Waals surface area contributed by atoms with E-state index >= 15 is 0 Å². The molecule has 0 saturated carbocycles. The number of rotatable bonds is 8. The summed E-state index contributed by atoms with van der Waals surface area (Å²) in [7, 11) is 0. The summed E-state index contributed by atoms with van der Waals surface area (Å²) < 4.78 is 15.6. The largest absolute Gasteiger partial charge is 0.482 e. The van der Waals surface area contributed by atoms with Gasteiger partial charge in [0.05, 0.1) is 0 Å². The molecule has 29 heavy (non-hydrogen) atoms. The summed E-state index contributed by atoms with van der Waals surface area (Å²) in [5.41, 5.74) is 1.23. The van der Waals surface area contributed by atoms with Crippen LogP contribution >= 0.6 is 0 Å². The Morgan fingerprint density at radius 1 is 0.897 bits per heavy atom. The van der Waals surface area contributed by atoms with Crippen LogP contribution in [0.1, 0.15) is 21.7 Å². The Balaban J connectivity index is 1.48. The van der Waals surface area contributed by atoms with Crippen LogP contribution in [-0.4, -0.2) is 18.4 Å². The van der Waals surface area contributed by atoms with E-state index in [1.807, 2.05) is 60.7 Å². The summed E-state index contributed by atoms with van der Waals surface area (Å²) in [6.07, 6.45) is 1.08. The summed E-state index contributed by atoms with van der Waals surface area (Å²) in [6, 6.07) is 19.5. The molecule has 7 nitrogen and oxygen atoms in total. The molecule has 2 aromatic carbocycles. The van der Waals surface area contributed by atoms with Crippen molar-refractivity contribution in [1.82, 2.24) is 5.32 Å². The van der Waals surface area contributed by atoms with E-state index in [1.165, 1.54) is 0 Å². The van der Waals surface area contributed by atoms with E-state index in [-0.39, 0.29) is 31.3 Å². The number of ether oxygens (including phenoxy) is 2. The van der Waals surface area contributed by atoms with Gasteiger partial charge in [-0.05, 0) is 11.1 Å². The van der Waals surface area contributed by atoms with Crippen molar-refractivity contribution in [2.24, 2.45) is 0 Å². The van der Waals surface area contributed by atoms with E-state index in [0.29, 0.717) is 0 Å². The van der Waals surface area contributed by atoms with Crippen LogP contribution in [0.4, 0.5) is 0 Å². The summed E-state index contributed by atoms with van der Waals surface area (Å²) in [5.74, 6) is -1.54. The lowest BCUT2D eigenvalue weighted by molar-refractivity contribution is -0.143. The number of hydrogen-bond donors (Lipinski definition) is 1. The molecule has 0 fully saturated rings. The van der Waals surface area contributed by atoms with Gasteiger partial charge in [-0.25, -0.2) is 0 Å². The Morgan fingerprint density at radius 2 is 1.52 bits per heavy atom. The molecule has 0 bridgehead atoms. The van der Waals surface area contributed by atoms with E-state index < -0.39 is 17.3 Å². The molecule has 1 amide bonds. The van der Waals surface area contributed by atoms with Crippen LogP contribution < -0.4 is 15.5 Å². The average Bonchev–Trinajstić information content (AvgIpc) is 2.76. The van der Waals surface area contributed by atoms with Gasteiger partial charge in [0.15, 0.2) is 5.76 Å². The Bertz CT molecular complexity index is 1010. The quantitative estimate of drug-likeness (QED) is 0.592. The molecule has 1 N–H and O–H groups in total. The maximum Gasteiger partial charge on any atom is 0.325 e. The second-order valence-corrected chi connectivity index (χ2v) is 6.08. The third-order valence-corrected chi connectivity index (χ3v) is 3.89. The first-order chi connectivity index (χ1) is 14.1. The zero-order valence-corrected chi connectivity index (χ0v) is 15.5. The van der Waals surface area contributed by atoms with Gasteiger partial charge >= 0.3 is 5.97 Å². The highest BCUT2D eigenvalue weighted by Crippen LogP contribution is 2.09. The van der Waals surface area contributed by atoms with Gasteiger partial charge in [0.1, 0.15) is 26.0 Å². The first-order valence-corrected chi connectivity index (χ1v) is 8.89. The molecule has 0 aliphatic carbocycles. The zero-order valence-electron chi connectivity index (χ0n) is 15.5. The average molecular weight is 393 g/mol. The minimum Gasteiger partial charge on any atom is -0.482 e. The number of carbonyl (C=O) groups is 2. The Kier molecular flexibility index (Phi) is 6.78. The summed E-state index contributed by atoms with van der Waals surface area (Å²) in [6.45, 7) is -0.0376. The maximum atomic E-state index is 12.1. The fourth-order valence-electron chi connectivity index (χ4n) is 2.39. The van der Waals surface area contributed by atoms with Crippen LogP contribution in [0.15, 0.2) is 82.2 Å². The molecule has 0 aliphatic heterocycles. The van der Waals surface area contributed by atoms with E-state index in [9.17, 15) is 14.4 Å². The van der Waals surface area contributed by atoms with Crippen LogP contribution in [0.3, 0.4) is 0 Å². The molecule has 1 heterocycles. The van der Waals surface area contributed by atoms with Crippen LogP contribution in [0.25, 0.3) is 0 Å². The standard InChI is InChI=1S/C22H19NO6/c24-18-11-19(28-15-20(18)27-13-16-7-3-1-4-8-16)22(26)23-12-21(25)29-14-17-9-5-2-6-10-17/h1-11,15H,12-14H2,(H,23,26). The molecule has 3 rings (SSSR count). The lowest BCUT2D eigenvalue weighted by Gasteiger charge is -2.07. The van der Waals surface area contributed by atoms with Crippen molar-refractivity contribution in [1.29, 1.82) is 0 Å². The second kappa shape index (κ2) is 9.89. The smallest absolute Gasteiger partial charge is 0.325 e. The van der Waals surface area contributed by atoms with E-state index in [4.69, 9.17) is 13.9 Å². The molecule has 0 atom stereocenters. The minimum absolute atomic E-state index is 0.00678. The van der Waals surface area contributed by atoms with Crippen molar-refractivity contribution in [3.8, 4) is 5.75 Å². The lowest BCUT2D eigenvalue weighted by Crippen LogP contribution is -2.31. The number of hydrogen-bond acceptors (Lipinski definition) is 6. The Labute approximate surface area is 166 Å². The van der Waals surface area contributed by atoms with Gasteiger partial charge in [0.25, 0.3) is 5.91 Å². The number of esters is 1. The van der Waals surface area contributed by atoms with Crippen LogP contribution in [0, 0.1) is 0 Å². The van der Waals surface area contributed by atoms with Gasteiger partial charge < -0.3 is 19.2 Å². The van der Waals surface area contributed by atoms with Gasteiger partial charge in [-0.3, -0.25) is 14.4 Å². The van der Waals surface area contributed by atoms with Gasteiger partial charge in [-0.15, -0.1) is 0 Å². The van der Waals surface area contributed by atoms with Crippen LogP contribution in [0.2, 0.25) is 0 Å². The third kappa shape index (κ3) is 6.07. The highest BCUT2D eigenvalue weighted by Gasteiger charge is 2.14. The maximum absolute atomic E-state index is 12.1. The van der Waals surface area contributed by atoms with E-state index in [1.54, 1.807) is 0 Å². The van der Waals surface area contributed by atoms with Crippen LogP contribution in [-0.2, 0) is 22.7 Å². The highest BCUT2D eigenvalue weighted by molar-refractivity contribution is 5.93. The van der Waals surface area contributed by atoms with Crippen LogP contribution in [0.5, 0.6) is 5.75 Å². The van der Waals surface area contributed by atoms with Gasteiger partial charge in [-0.2, -0.15) is 0 Å². The number of amides is 1. The molecular formula is C22H19NO6. The molecular weight excluding hydrogens is 374 g/mol. The molecule has 0 aliphatic rings. The van der Waals surface area contributed by atoms with Crippen molar-refractivity contribution in [2.45, 2.75) is 13.2 Å². The number of nitrogens with one attached hydrogen (secondary N) is 1. The molecule has 0 saturated heterocycles. The predicted octanol–water partition coefficient (Wildman–Crippen LogP) is 2.69. The molecule has 0 spiro atoms. The van der Waals surface area contributed by atoms with Crippen molar-refractivity contribution < 1.29 is 23.5 Å². The zero-order chi connectivity index (χ0) is 20.5. The Morgan fingerprint density at radius 3 is 2.14 bits per heavy atom. The fraction of sp³-hybridized carbons (Fsp3) is 0.136. The first kappa shape index (κ1) is 19.9. The van der Waals surface area contributed by atoms with Crippen molar-refractivity contribution in [2.75, 3.05) is 6.54 Å². The van der Waals surface area contributed by atoms with Gasteiger partial charge in [-0.1, -0.05) is 60.7 Å². The molecule has 7 heteroatoms. The summed E-state index contributed by atoms with van der Waals surface area (Å²) in [4.78, 5) is 35.9. The number of benzene rings is 2. The Hall–Kier alpha value is -3.87. The van der Waals surface area contributed by atoms with E-state index in [2.05, 4.69) is 5.32 Å². The fourth-order valence-corrected chi connectivity index (χ4v) is 2.39. The molecule has 148 valence electrons. The molecule has 1 aromatic heterocycles. The van der Waals surface area contributed by atoms with Crippen molar-refractivity contribution >= 4 is 11.9 Å². The molecule has 3 aromatic rings. The molecule has 0 radical (unpaired) electrons. The summed E-state index contributed by atoms with van der Waals surface area (Å²) >= 11 is 0. The summed E-state index contributed by atoms with van der Waals surface area (Å²) in [5, 5.41) is 2.35. The predicted molar refractivity (Wildman–Crippen MR) is 104 cm³/mol. The third-order valence-electron chi connectivity index (χ3n) is 3.89. The van der Waals surface area contributed by atoms with E-state index in [0.717, 1.165) is 23.5 Å². The first-order valence-electron chi connectivity index (χ1n) is 8.89. The number of carbonyl (C=O) groups excluding carboxylic acids is 2. The lowest BCUT2D eigenvalue weighted by atomic mass is 10.2. The highest BCUT2D eigenvalue weighted by atomic mass is 16.5. The SMILES string of the molecule is O=C(CNC(=O)c1cc(=O)c(OCc2ccccc2)co1)OCc1ccccc1. The second-order valence-electron chi connectivity index (χ2n) is 6.08. The van der Waals surface area contributed by atoms with Crippen molar-refractivity contribution in [3.05, 3.63) is 100 Å². The minimum atomic E-state index is -0.701. The normalized spacial score (nSPS) is 10.2. The van der Waals surface area contributed by atoms with Gasteiger partial charge in [0, 0.05) is 6.07 Å². The monoisotopic (exact) mass is 393 g/mol. The van der Waals surface area contributed by atoms with Crippen molar-refractivity contribution in [3.63, 3.8) is 0 Å².